The van der Waals surface area contributed by atoms with E-state index in [1.165, 1.54) is 16.1 Å². The molecular weight excluding hydrogens is 174 g/mol. The largest absolute Gasteiger partial charge is 0.369 e. The van der Waals surface area contributed by atoms with Crippen molar-refractivity contribution in [3.05, 3.63) is 6.20 Å². The van der Waals surface area contributed by atoms with E-state index in [0.29, 0.717) is 0 Å². The molecule has 0 aromatic carbocycles. The van der Waals surface area contributed by atoms with E-state index in [0.717, 1.165) is 0 Å². The number of rotatable bonds is 0. The van der Waals surface area contributed by atoms with Gasteiger partial charge in [0.05, 0.1) is 4.88 Å². The Hall–Kier alpha value is -1.61. The normalized spacial score (nSPS) is 10.8. The topological polar surface area (TPSA) is 87.1 Å². The van der Waals surface area contributed by atoms with Gasteiger partial charge in [-0.25, -0.2) is 4.98 Å². The summed E-state index contributed by atoms with van der Waals surface area (Å²) < 4.78 is 0. The van der Waals surface area contributed by atoms with E-state index in [4.69, 9.17) is 11.0 Å². The third-order valence-corrected chi connectivity index (χ3v) is 1.93. The molecule has 2 aliphatic heterocycles. The van der Waals surface area contributed by atoms with Crippen molar-refractivity contribution < 1.29 is 0 Å². The summed E-state index contributed by atoms with van der Waals surface area (Å²) in [5.74, 6) is 0.141. The van der Waals surface area contributed by atoms with Crippen molar-refractivity contribution in [3.63, 3.8) is 0 Å². The van der Waals surface area contributed by atoms with Crippen LogP contribution in [-0.2, 0) is 0 Å². The second-order valence-electron chi connectivity index (χ2n) is 1.88. The monoisotopic (exact) mass is 181 g/mol. The first-order chi connectivity index (χ1) is 5.77. The van der Waals surface area contributed by atoms with Gasteiger partial charge in [-0.3, -0.25) is 0 Å². The summed E-state index contributed by atoms with van der Waals surface area (Å²) in [6.45, 7) is 0. The van der Waals surface area contributed by atoms with Crippen LogP contribution < -0.4 is 11.1 Å². The molecule has 2 rings (SSSR count). The number of hydrogen-bond acceptors (Lipinski definition) is 4. The maximum atomic E-state index is 7.81. The van der Waals surface area contributed by atoms with Crippen LogP contribution in [0, 0.1) is 11.5 Å². The highest BCUT2D eigenvalue weighted by atomic mass is 32.1. The van der Waals surface area contributed by atoms with Gasteiger partial charge >= 0.3 is 0 Å². The molecule has 62 valence electrons. The molecule has 0 atom stereocenters. The maximum absolute atomic E-state index is 7.81. The van der Waals surface area contributed by atoms with Gasteiger partial charge in [-0.15, -0.1) is 16.3 Å². The van der Waals surface area contributed by atoms with Gasteiger partial charge in [0, 0.05) is 13.2 Å². The molecule has 0 saturated carbocycles. The van der Waals surface area contributed by atoms with E-state index < -0.39 is 0 Å². The van der Waals surface area contributed by atoms with Crippen LogP contribution in [0.15, 0.2) is 11.2 Å². The molecule has 0 fully saturated rings. The van der Waals surface area contributed by atoms with E-state index in [1.807, 2.05) is 6.20 Å². The Morgan fingerprint density at radius 2 is 2.58 bits per heavy atom. The quantitative estimate of drug-likeness (QED) is 0.343. The molecule has 0 saturated heterocycles. The number of guanidine groups is 1. The number of hydrogen-bond donors (Lipinski definition) is 2. The molecule has 2 heterocycles. The van der Waals surface area contributed by atoms with Crippen molar-refractivity contribution >= 4 is 17.3 Å². The number of fused-ring (bicyclic) bond motifs is 1. The van der Waals surface area contributed by atoms with Crippen molar-refractivity contribution in [2.45, 2.75) is 0 Å². The van der Waals surface area contributed by atoms with Gasteiger partial charge in [-0.05, 0) is 0 Å². The fraction of sp³-hybridized carbons (Fsp3) is 0.167. The average molecular weight is 181 g/mol. The molecule has 0 radical (unpaired) electrons. The average Bonchev–Trinajstić information content (AvgIpc) is 2.60. The van der Waals surface area contributed by atoms with Crippen molar-refractivity contribution in [2.24, 2.45) is 10.7 Å². The summed E-state index contributed by atoms with van der Waals surface area (Å²) in [5.41, 5.74) is 5.00. The fourth-order valence-electron chi connectivity index (χ4n) is 0.411. The highest BCUT2D eigenvalue weighted by Crippen LogP contribution is 2.42. The number of aromatic nitrogens is 1. The number of nitrogens with zero attached hydrogens (tertiary/aromatic N) is 3. The molecule has 3 N–H and O–H groups in total. The van der Waals surface area contributed by atoms with Gasteiger partial charge in [-0.2, -0.15) is 5.26 Å². The molecule has 0 amide bonds. The number of nitrogens with two attached hydrogens (primary N) is 1. The van der Waals surface area contributed by atoms with E-state index in [-0.39, 0.29) is 5.96 Å². The van der Waals surface area contributed by atoms with Crippen LogP contribution >= 0.6 is 11.3 Å². The van der Waals surface area contributed by atoms with Crippen LogP contribution in [0.3, 0.4) is 0 Å². The van der Waals surface area contributed by atoms with Crippen LogP contribution in [-0.4, -0.2) is 18.0 Å². The second kappa shape index (κ2) is 3.69. The van der Waals surface area contributed by atoms with Crippen molar-refractivity contribution in [3.8, 4) is 16.1 Å². The molecule has 0 aromatic rings. The molecule has 0 unspecified atom stereocenters. The second-order valence-corrected chi connectivity index (χ2v) is 2.91. The van der Waals surface area contributed by atoms with Crippen molar-refractivity contribution in [1.82, 2.24) is 10.3 Å². The minimum Gasteiger partial charge on any atom is -0.369 e. The summed E-state index contributed by atoms with van der Waals surface area (Å²) in [5, 5.41) is 11.5. The Labute approximate surface area is 73.6 Å². The van der Waals surface area contributed by atoms with Crippen molar-refractivity contribution in [2.75, 3.05) is 7.05 Å². The zero-order valence-corrected chi connectivity index (χ0v) is 7.22. The van der Waals surface area contributed by atoms with E-state index in [9.17, 15) is 0 Å². The number of thiazole rings is 1. The Morgan fingerprint density at radius 1 is 1.92 bits per heavy atom. The van der Waals surface area contributed by atoms with Crippen molar-refractivity contribution in [1.29, 1.82) is 5.26 Å². The minimum absolute atomic E-state index is 0.141. The lowest BCUT2D eigenvalue weighted by Gasteiger charge is -1.88. The summed E-state index contributed by atoms with van der Waals surface area (Å²) in [6.07, 6.45) is 3.41. The van der Waals surface area contributed by atoms with Gasteiger partial charge in [0.1, 0.15) is 5.01 Å². The first-order valence-electron chi connectivity index (χ1n) is 3.14. The number of aliphatic imine (C=N–C) groups is 1. The minimum atomic E-state index is 0.141. The van der Waals surface area contributed by atoms with Gasteiger partial charge < -0.3 is 11.1 Å². The van der Waals surface area contributed by atoms with Crippen LogP contribution in [0.4, 0.5) is 0 Å². The zero-order valence-electron chi connectivity index (χ0n) is 6.40. The highest BCUT2D eigenvalue weighted by Gasteiger charge is 2.16. The number of nitrogens with one attached hydrogen (secondary N) is 1. The van der Waals surface area contributed by atoms with Crippen LogP contribution in [0.1, 0.15) is 0 Å². The molecule has 0 aromatic heterocycles. The first-order valence-corrected chi connectivity index (χ1v) is 3.95. The summed E-state index contributed by atoms with van der Waals surface area (Å²) >= 11 is 1.77. The fourth-order valence-corrected chi connectivity index (χ4v) is 0.885. The molecule has 2 aliphatic rings. The molecule has 0 spiro atoms. The van der Waals surface area contributed by atoms with Gasteiger partial charge in [-0.1, -0.05) is 0 Å². The lowest BCUT2D eigenvalue weighted by atomic mass is 10.5. The predicted octanol–water partition coefficient (Wildman–Crippen LogP) is 0.125. The third-order valence-electron chi connectivity index (χ3n) is 1.10. The maximum Gasteiger partial charge on any atom is 0.209 e. The lowest BCUT2D eigenvalue weighted by molar-refractivity contribution is 1.14. The zero-order chi connectivity index (χ0) is 8.97. The molecule has 12 heavy (non-hydrogen) atoms. The molecule has 0 aliphatic carbocycles. The van der Waals surface area contributed by atoms with Gasteiger partial charge in [0.15, 0.2) is 0 Å². The van der Waals surface area contributed by atoms with E-state index in [2.05, 4.69) is 15.3 Å². The standard InChI is InChI=1S/C3H6N4.C3HNS/c1-6-3(5)7-2-4;1-2-3(4-1)5-2/h1H3,(H3,5,6,7);1H. The smallest absolute Gasteiger partial charge is 0.209 e. The summed E-state index contributed by atoms with van der Waals surface area (Å²) in [7, 11) is 1.59. The van der Waals surface area contributed by atoms with Gasteiger partial charge in [0.25, 0.3) is 0 Å². The Bertz CT molecular complexity index is 310. The SMILES string of the molecule is CNC(N)=NC#N.c1nc2sc1-2. The molecule has 5 nitrogen and oxygen atoms in total. The predicted molar refractivity (Wildman–Crippen MR) is 47.4 cm³/mol. The first kappa shape index (κ1) is 8.49. The van der Waals surface area contributed by atoms with Crippen LogP contribution in [0.2, 0.25) is 0 Å². The van der Waals surface area contributed by atoms with E-state index >= 15 is 0 Å². The molecule has 6 heteroatoms. The Balaban J connectivity index is 0.000000123. The summed E-state index contributed by atoms with van der Waals surface area (Å²) in [4.78, 5) is 8.39. The number of nitriles is 1. The van der Waals surface area contributed by atoms with Gasteiger partial charge in [0.2, 0.25) is 12.2 Å². The van der Waals surface area contributed by atoms with Crippen LogP contribution in [0.25, 0.3) is 9.88 Å². The molecular formula is C6H7N5S. The van der Waals surface area contributed by atoms with E-state index in [1.54, 1.807) is 18.4 Å². The van der Waals surface area contributed by atoms with Crippen LogP contribution in [0.5, 0.6) is 0 Å². The third kappa shape index (κ3) is 2.21. The summed E-state index contributed by atoms with van der Waals surface area (Å²) in [6, 6.07) is 0. The Morgan fingerprint density at radius 3 is 2.67 bits per heavy atom. The Kier molecular flexibility index (Phi) is 2.61. The lowest BCUT2D eigenvalue weighted by Crippen LogP contribution is -2.27. The highest BCUT2D eigenvalue weighted by molar-refractivity contribution is 7.30. The molecule has 0 bridgehead atoms.